The zero-order chi connectivity index (χ0) is 12.5. The smallest absolute Gasteiger partial charge is 0.205 e. The molecular formula is C13H28N4. The van der Waals surface area contributed by atoms with Gasteiger partial charge in [-0.15, -0.1) is 0 Å². The summed E-state index contributed by atoms with van der Waals surface area (Å²) in [5.41, 5.74) is 2.63. The van der Waals surface area contributed by atoms with Crippen LogP contribution in [0.15, 0.2) is 4.99 Å². The third kappa shape index (κ3) is 6.51. The van der Waals surface area contributed by atoms with Crippen molar-refractivity contribution in [1.82, 2.24) is 10.7 Å². The Bertz CT molecular complexity index is 219. The van der Waals surface area contributed by atoms with Crippen LogP contribution >= 0.6 is 0 Å². The fourth-order valence-electron chi connectivity index (χ4n) is 2.30. The minimum atomic E-state index is 0.568. The first-order valence-corrected chi connectivity index (χ1v) is 6.97. The fraction of sp³-hybridized carbons (Fsp3) is 0.923. The maximum absolute atomic E-state index is 5.43. The van der Waals surface area contributed by atoms with Crippen LogP contribution in [0.25, 0.3) is 0 Å². The van der Waals surface area contributed by atoms with Gasteiger partial charge in [-0.3, -0.25) is 10.4 Å². The fourth-order valence-corrected chi connectivity index (χ4v) is 2.30. The molecular weight excluding hydrogens is 212 g/mol. The maximum Gasteiger partial charge on any atom is 0.205 e. The molecule has 0 saturated heterocycles. The Labute approximate surface area is 105 Å². The summed E-state index contributed by atoms with van der Waals surface area (Å²) in [4.78, 5) is 4.39. The minimum Gasteiger partial charge on any atom is -0.355 e. The molecule has 0 radical (unpaired) electrons. The molecule has 0 spiro atoms. The third-order valence-corrected chi connectivity index (χ3v) is 3.32. The Morgan fingerprint density at radius 3 is 2.59 bits per heavy atom. The molecule has 1 aliphatic carbocycles. The molecule has 4 nitrogen and oxygen atoms in total. The predicted octanol–water partition coefficient (Wildman–Crippen LogP) is 2.02. The predicted molar refractivity (Wildman–Crippen MR) is 73.7 cm³/mol. The Morgan fingerprint density at radius 1 is 1.29 bits per heavy atom. The third-order valence-electron chi connectivity index (χ3n) is 3.32. The highest BCUT2D eigenvalue weighted by atomic mass is 15.3. The van der Waals surface area contributed by atoms with Crippen LogP contribution in [0.4, 0.5) is 0 Å². The standard InChI is InChI=1S/C13H28N4/c1-11(2)10-16-13(17-14)15-9-8-12-6-4-3-5-7-12/h11-12H,3-10,14H2,1-2H3,(H2,15,16,17). The zero-order valence-electron chi connectivity index (χ0n) is 11.3. The Kier molecular flexibility index (Phi) is 7.01. The summed E-state index contributed by atoms with van der Waals surface area (Å²) >= 11 is 0. The van der Waals surface area contributed by atoms with Gasteiger partial charge in [0.15, 0.2) is 0 Å². The lowest BCUT2D eigenvalue weighted by atomic mass is 9.87. The van der Waals surface area contributed by atoms with Gasteiger partial charge in [0.1, 0.15) is 0 Å². The van der Waals surface area contributed by atoms with Gasteiger partial charge in [-0.2, -0.15) is 0 Å². The molecule has 0 aromatic rings. The van der Waals surface area contributed by atoms with E-state index >= 15 is 0 Å². The molecule has 17 heavy (non-hydrogen) atoms. The average Bonchev–Trinajstić information content (AvgIpc) is 2.34. The first kappa shape index (κ1) is 14.3. The molecule has 1 saturated carbocycles. The molecule has 4 heteroatoms. The molecule has 0 aromatic carbocycles. The summed E-state index contributed by atoms with van der Waals surface area (Å²) in [7, 11) is 0. The molecule has 0 unspecified atom stereocenters. The van der Waals surface area contributed by atoms with E-state index in [2.05, 4.69) is 29.6 Å². The van der Waals surface area contributed by atoms with Gasteiger partial charge >= 0.3 is 0 Å². The second kappa shape index (κ2) is 8.34. The van der Waals surface area contributed by atoms with Crippen molar-refractivity contribution in [3.05, 3.63) is 0 Å². The number of nitrogens with two attached hydrogens (primary N) is 1. The summed E-state index contributed by atoms with van der Waals surface area (Å²) in [6.07, 6.45) is 8.28. The van der Waals surface area contributed by atoms with Crippen molar-refractivity contribution in [1.29, 1.82) is 0 Å². The van der Waals surface area contributed by atoms with E-state index in [4.69, 9.17) is 5.84 Å². The first-order chi connectivity index (χ1) is 8.22. The highest BCUT2D eigenvalue weighted by Gasteiger charge is 2.12. The van der Waals surface area contributed by atoms with Gasteiger partial charge < -0.3 is 5.32 Å². The van der Waals surface area contributed by atoms with Gasteiger partial charge in [-0.25, -0.2) is 5.84 Å². The van der Waals surface area contributed by atoms with Gasteiger partial charge in [0.25, 0.3) is 0 Å². The normalized spacial score (nSPS) is 18.5. The Balaban J connectivity index is 2.16. The SMILES string of the molecule is CC(C)CN=C(NN)NCCC1CCCCC1. The molecule has 0 heterocycles. The maximum atomic E-state index is 5.43. The molecule has 1 rings (SSSR count). The van der Waals surface area contributed by atoms with E-state index in [1.807, 2.05) is 0 Å². The quantitative estimate of drug-likeness (QED) is 0.298. The first-order valence-electron chi connectivity index (χ1n) is 6.97. The summed E-state index contributed by atoms with van der Waals surface area (Å²) in [5.74, 6) is 7.64. The van der Waals surface area contributed by atoms with Crippen LogP contribution in [-0.4, -0.2) is 19.0 Å². The topological polar surface area (TPSA) is 62.4 Å². The lowest BCUT2D eigenvalue weighted by Gasteiger charge is -2.21. The molecule has 100 valence electrons. The molecule has 0 bridgehead atoms. The van der Waals surface area contributed by atoms with E-state index in [1.165, 1.54) is 38.5 Å². The zero-order valence-corrected chi connectivity index (χ0v) is 11.3. The lowest BCUT2D eigenvalue weighted by molar-refractivity contribution is 0.339. The van der Waals surface area contributed by atoms with Crippen molar-refractivity contribution in [3.63, 3.8) is 0 Å². The number of rotatable bonds is 5. The van der Waals surface area contributed by atoms with Crippen molar-refractivity contribution in [2.75, 3.05) is 13.1 Å². The van der Waals surface area contributed by atoms with E-state index in [0.717, 1.165) is 25.0 Å². The van der Waals surface area contributed by atoms with Crippen molar-refractivity contribution in [3.8, 4) is 0 Å². The van der Waals surface area contributed by atoms with Crippen LogP contribution in [0.5, 0.6) is 0 Å². The summed E-state index contributed by atoms with van der Waals surface area (Å²) in [6, 6.07) is 0. The molecule has 0 amide bonds. The van der Waals surface area contributed by atoms with Crippen LogP contribution < -0.4 is 16.6 Å². The minimum absolute atomic E-state index is 0.568. The monoisotopic (exact) mass is 240 g/mol. The average molecular weight is 240 g/mol. The number of aliphatic imine (C=N–C) groups is 1. The number of hydrazine groups is 1. The van der Waals surface area contributed by atoms with Crippen LogP contribution in [0, 0.1) is 11.8 Å². The number of hydrogen-bond donors (Lipinski definition) is 3. The molecule has 0 atom stereocenters. The van der Waals surface area contributed by atoms with E-state index < -0.39 is 0 Å². The van der Waals surface area contributed by atoms with Crippen LogP contribution in [0.1, 0.15) is 52.4 Å². The molecule has 0 aromatic heterocycles. The summed E-state index contributed by atoms with van der Waals surface area (Å²) < 4.78 is 0. The van der Waals surface area contributed by atoms with Gasteiger partial charge in [0.05, 0.1) is 0 Å². The van der Waals surface area contributed by atoms with Crippen molar-refractivity contribution in [2.45, 2.75) is 52.4 Å². The van der Waals surface area contributed by atoms with E-state index in [0.29, 0.717) is 5.92 Å². The second-order valence-corrected chi connectivity index (χ2v) is 5.45. The van der Waals surface area contributed by atoms with Crippen molar-refractivity contribution >= 4 is 5.96 Å². The van der Waals surface area contributed by atoms with Crippen molar-refractivity contribution < 1.29 is 0 Å². The van der Waals surface area contributed by atoms with E-state index in [-0.39, 0.29) is 0 Å². The summed E-state index contributed by atoms with van der Waals surface area (Å²) in [6.45, 7) is 6.10. The van der Waals surface area contributed by atoms with Crippen LogP contribution in [0.2, 0.25) is 0 Å². The molecule has 1 fully saturated rings. The van der Waals surface area contributed by atoms with Gasteiger partial charge in [-0.05, 0) is 18.3 Å². The second-order valence-electron chi connectivity index (χ2n) is 5.45. The van der Waals surface area contributed by atoms with Gasteiger partial charge in [0, 0.05) is 13.1 Å². The molecule has 1 aliphatic rings. The summed E-state index contributed by atoms with van der Waals surface area (Å²) in [5, 5.41) is 3.29. The van der Waals surface area contributed by atoms with Gasteiger partial charge in [-0.1, -0.05) is 46.0 Å². The number of nitrogens with one attached hydrogen (secondary N) is 2. The Hall–Kier alpha value is -0.770. The van der Waals surface area contributed by atoms with Crippen molar-refractivity contribution in [2.24, 2.45) is 22.7 Å². The molecule has 0 aliphatic heterocycles. The highest BCUT2D eigenvalue weighted by molar-refractivity contribution is 5.79. The van der Waals surface area contributed by atoms with E-state index in [9.17, 15) is 0 Å². The van der Waals surface area contributed by atoms with Crippen LogP contribution in [0.3, 0.4) is 0 Å². The lowest BCUT2D eigenvalue weighted by Crippen LogP contribution is -2.42. The number of guanidine groups is 1. The van der Waals surface area contributed by atoms with Gasteiger partial charge in [0.2, 0.25) is 5.96 Å². The van der Waals surface area contributed by atoms with E-state index in [1.54, 1.807) is 0 Å². The largest absolute Gasteiger partial charge is 0.355 e. The Morgan fingerprint density at radius 2 is 2.00 bits per heavy atom. The highest BCUT2D eigenvalue weighted by Crippen LogP contribution is 2.25. The number of nitrogens with zero attached hydrogens (tertiary/aromatic N) is 1. The molecule has 4 N–H and O–H groups in total. The number of hydrogen-bond acceptors (Lipinski definition) is 2. The van der Waals surface area contributed by atoms with Crippen LogP contribution in [-0.2, 0) is 0 Å².